The molecule has 1 heterocycles. The largest absolute Gasteiger partial charge is 0.573 e. The van der Waals surface area contributed by atoms with Crippen LogP contribution in [0.4, 0.5) is 13.2 Å². The lowest BCUT2D eigenvalue weighted by atomic mass is 10.2. The zero-order valence-corrected chi connectivity index (χ0v) is 9.14. The Hall–Kier alpha value is -1.26. The molecule has 0 unspecified atom stereocenters. The summed E-state index contributed by atoms with van der Waals surface area (Å²) in [7, 11) is 0. The predicted molar refractivity (Wildman–Crippen MR) is 51.7 cm³/mol. The molecule has 0 aromatic carbocycles. The average molecular weight is 221 g/mol. The van der Waals surface area contributed by atoms with Crippen LogP contribution in [0.1, 0.15) is 25.1 Å². The molecule has 1 aromatic heterocycles. The van der Waals surface area contributed by atoms with Crippen LogP contribution in [0.5, 0.6) is 5.75 Å². The van der Waals surface area contributed by atoms with Crippen molar-refractivity contribution in [1.29, 1.82) is 0 Å². The molecule has 86 valence electrons. The van der Waals surface area contributed by atoms with Gasteiger partial charge in [-0.3, -0.25) is 4.98 Å². The molecule has 0 aliphatic rings. The Morgan fingerprint density at radius 1 is 1.20 bits per heavy atom. The summed E-state index contributed by atoms with van der Waals surface area (Å²) in [5, 5.41) is 0. The minimum absolute atomic E-state index is 0.252. The van der Waals surface area contributed by atoms with Gasteiger partial charge >= 0.3 is 6.36 Å². The number of rotatable bonds is 1. The van der Waals surface area contributed by atoms with Gasteiger partial charge in [0, 0.05) is 5.69 Å². The molecule has 0 aliphatic carbocycles. The fourth-order valence-corrected chi connectivity index (χ4v) is 0.916. The van der Waals surface area contributed by atoms with Gasteiger partial charge in [0.1, 0.15) is 0 Å². The molecule has 1 rings (SSSR count). The number of pyridine rings is 1. The van der Waals surface area contributed by atoms with Gasteiger partial charge < -0.3 is 4.74 Å². The summed E-state index contributed by atoms with van der Waals surface area (Å²) in [6.45, 7) is 7.24. The van der Waals surface area contributed by atoms with Crippen LogP contribution in [-0.4, -0.2) is 11.3 Å². The Morgan fingerprint density at radius 3 is 2.13 bits per heavy atom. The van der Waals surface area contributed by atoms with E-state index in [0.29, 0.717) is 11.3 Å². The number of hydrogen-bond donors (Lipinski definition) is 0. The van der Waals surface area contributed by atoms with Gasteiger partial charge in [-0.15, -0.1) is 13.2 Å². The molecule has 0 spiro atoms. The smallest absolute Gasteiger partial charge is 0.404 e. The first-order valence-corrected chi connectivity index (χ1v) is 4.57. The van der Waals surface area contributed by atoms with Crippen LogP contribution in [0.2, 0.25) is 0 Å². The van der Waals surface area contributed by atoms with Crippen LogP contribution in [0.15, 0.2) is 12.3 Å². The average Bonchev–Trinajstić information content (AvgIpc) is 2.12. The summed E-state index contributed by atoms with van der Waals surface area (Å²) in [6, 6.07) is 1.53. The van der Waals surface area contributed by atoms with Crippen LogP contribution in [0.3, 0.4) is 0 Å². The second-order valence-electron chi connectivity index (χ2n) is 2.64. The van der Waals surface area contributed by atoms with Crippen LogP contribution in [0.25, 0.3) is 0 Å². The number of halogens is 3. The van der Waals surface area contributed by atoms with E-state index in [9.17, 15) is 13.2 Å². The second kappa shape index (κ2) is 5.58. The van der Waals surface area contributed by atoms with Crippen molar-refractivity contribution in [3.63, 3.8) is 0 Å². The van der Waals surface area contributed by atoms with E-state index in [-0.39, 0.29) is 5.75 Å². The molecule has 1 aromatic rings. The third-order valence-electron chi connectivity index (χ3n) is 1.43. The molecule has 0 amide bonds. The van der Waals surface area contributed by atoms with Crippen LogP contribution >= 0.6 is 0 Å². The molecule has 15 heavy (non-hydrogen) atoms. The number of aromatic nitrogens is 1. The van der Waals surface area contributed by atoms with Gasteiger partial charge in [-0.05, 0) is 25.5 Å². The molecule has 0 aliphatic heterocycles. The molecule has 2 nitrogen and oxygen atoms in total. The van der Waals surface area contributed by atoms with E-state index in [1.807, 2.05) is 13.8 Å². The SMILES string of the molecule is CC.Cc1cc(C)c(OC(F)(F)F)cn1. The predicted octanol–water partition coefficient (Wildman–Crippen LogP) is 3.62. The quantitative estimate of drug-likeness (QED) is 0.722. The third kappa shape index (κ3) is 5.24. The van der Waals surface area contributed by atoms with E-state index in [1.54, 1.807) is 6.92 Å². The molecule has 0 bridgehead atoms. The Balaban J connectivity index is 0.000000921. The van der Waals surface area contributed by atoms with Crippen molar-refractivity contribution in [2.45, 2.75) is 34.1 Å². The summed E-state index contributed by atoms with van der Waals surface area (Å²) >= 11 is 0. The first-order chi connectivity index (χ1) is 6.88. The van der Waals surface area contributed by atoms with Gasteiger partial charge in [-0.25, -0.2) is 0 Å². The molecular weight excluding hydrogens is 207 g/mol. The number of hydrogen-bond acceptors (Lipinski definition) is 2. The van der Waals surface area contributed by atoms with Crippen LogP contribution in [0, 0.1) is 13.8 Å². The summed E-state index contributed by atoms with van der Waals surface area (Å²) in [4.78, 5) is 3.70. The Morgan fingerprint density at radius 2 is 1.73 bits per heavy atom. The summed E-state index contributed by atoms with van der Waals surface area (Å²) in [5.74, 6) is -0.252. The number of nitrogens with zero attached hydrogens (tertiary/aromatic N) is 1. The van der Waals surface area contributed by atoms with E-state index in [4.69, 9.17) is 0 Å². The lowest BCUT2D eigenvalue weighted by molar-refractivity contribution is -0.275. The Labute approximate surface area is 87.1 Å². The fraction of sp³-hybridized carbons (Fsp3) is 0.500. The molecule has 0 saturated carbocycles. The fourth-order valence-electron chi connectivity index (χ4n) is 0.916. The van der Waals surface area contributed by atoms with Gasteiger partial charge in [0.15, 0.2) is 5.75 Å². The topological polar surface area (TPSA) is 22.1 Å². The molecule has 0 N–H and O–H groups in total. The van der Waals surface area contributed by atoms with Gasteiger partial charge in [-0.1, -0.05) is 13.8 Å². The normalized spacial score (nSPS) is 10.3. The van der Waals surface area contributed by atoms with E-state index in [0.717, 1.165) is 6.20 Å². The van der Waals surface area contributed by atoms with Crippen molar-refractivity contribution in [3.8, 4) is 5.75 Å². The third-order valence-corrected chi connectivity index (χ3v) is 1.43. The highest BCUT2D eigenvalue weighted by molar-refractivity contribution is 5.30. The van der Waals surface area contributed by atoms with Crippen molar-refractivity contribution in [2.24, 2.45) is 0 Å². The zero-order chi connectivity index (χ0) is 12.1. The summed E-state index contributed by atoms with van der Waals surface area (Å²) in [5.41, 5.74) is 1.08. The first-order valence-electron chi connectivity index (χ1n) is 4.57. The van der Waals surface area contributed by atoms with Crippen molar-refractivity contribution in [2.75, 3.05) is 0 Å². The first kappa shape index (κ1) is 13.7. The van der Waals surface area contributed by atoms with Gasteiger partial charge in [0.25, 0.3) is 0 Å². The Kier molecular flexibility index (Phi) is 5.11. The lowest BCUT2D eigenvalue weighted by Crippen LogP contribution is -2.18. The van der Waals surface area contributed by atoms with Crippen LogP contribution < -0.4 is 4.74 Å². The van der Waals surface area contributed by atoms with Crippen molar-refractivity contribution in [1.82, 2.24) is 4.98 Å². The summed E-state index contributed by atoms with van der Waals surface area (Å²) < 4.78 is 39.0. The molecule has 0 fully saturated rings. The highest BCUT2D eigenvalue weighted by Gasteiger charge is 2.31. The van der Waals surface area contributed by atoms with Gasteiger partial charge in [0.05, 0.1) is 6.20 Å². The maximum absolute atomic E-state index is 11.8. The standard InChI is InChI=1S/C8H8F3NO.C2H6/c1-5-3-6(2)12-4-7(5)13-8(9,10)11;1-2/h3-4H,1-2H3;1-2H3. The van der Waals surface area contributed by atoms with E-state index < -0.39 is 6.36 Å². The molecule has 0 atom stereocenters. The minimum atomic E-state index is -4.65. The molecule has 0 saturated heterocycles. The maximum Gasteiger partial charge on any atom is 0.573 e. The minimum Gasteiger partial charge on any atom is -0.404 e. The summed E-state index contributed by atoms with van der Waals surface area (Å²) in [6.07, 6.45) is -3.58. The van der Waals surface area contributed by atoms with Crippen molar-refractivity contribution >= 4 is 0 Å². The highest BCUT2D eigenvalue weighted by atomic mass is 19.4. The second-order valence-corrected chi connectivity index (χ2v) is 2.64. The highest BCUT2D eigenvalue weighted by Crippen LogP contribution is 2.25. The van der Waals surface area contributed by atoms with E-state index in [1.165, 1.54) is 13.0 Å². The van der Waals surface area contributed by atoms with Crippen LogP contribution in [-0.2, 0) is 0 Å². The van der Waals surface area contributed by atoms with Crippen molar-refractivity contribution in [3.05, 3.63) is 23.5 Å². The zero-order valence-electron chi connectivity index (χ0n) is 9.14. The molecular formula is C10H14F3NO. The molecule has 0 radical (unpaired) electrons. The maximum atomic E-state index is 11.8. The molecule has 5 heteroatoms. The van der Waals surface area contributed by atoms with Gasteiger partial charge in [0.2, 0.25) is 0 Å². The van der Waals surface area contributed by atoms with Crippen molar-refractivity contribution < 1.29 is 17.9 Å². The monoisotopic (exact) mass is 221 g/mol. The number of ether oxygens (including phenoxy) is 1. The van der Waals surface area contributed by atoms with E-state index in [2.05, 4.69) is 9.72 Å². The number of aryl methyl sites for hydroxylation is 2. The lowest BCUT2D eigenvalue weighted by Gasteiger charge is -2.10. The van der Waals surface area contributed by atoms with Gasteiger partial charge in [-0.2, -0.15) is 0 Å². The van der Waals surface area contributed by atoms with E-state index >= 15 is 0 Å². The Bertz CT molecular complexity index is 310. The number of alkyl halides is 3.